The van der Waals surface area contributed by atoms with Crippen molar-refractivity contribution < 1.29 is 19.4 Å². The lowest BCUT2D eigenvalue weighted by Gasteiger charge is -2.27. The molecule has 1 atom stereocenters. The second-order valence-corrected chi connectivity index (χ2v) is 8.00. The van der Waals surface area contributed by atoms with Crippen LogP contribution in [0.4, 0.5) is 0 Å². The van der Waals surface area contributed by atoms with Gasteiger partial charge in [0.1, 0.15) is 11.5 Å². The van der Waals surface area contributed by atoms with Crippen LogP contribution in [0.25, 0.3) is 5.76 Å². The van der Waals surface area contributed by atoms with E-state index in [1.165, 1.54) is 4.90 Å². The highest BCUT2D eigenvalue weighted by molar-refractivity contribution is 6.46. The van der Waals surface area contributed by atoms with E-state index in [0.717, 1.165) is 12.8 Å². The first kappa shape index (κ1) is 21.9. The van der Waals surface area contributed by atoms with Gasteiger partial charge in [-0.15, -0.1) is 0 Å². The fourth-order valence-electron chi connectivity index (χ4n) is 3.62. The highest BCUT2D eigenvalue weighted by atomic mass is 35.5. The predicted molar refractivity (Wildman–Crippen MR) is 118 cm³/mol. The molecule has 0 bridgehead atoms. The molecule has 1 heterocycles. The van der Waals surface area contributed by atoms with Crippen LogP contribution in [-0.2, 0) is 9.59 Å². The molecule has 158 valence electrons. The third-order valence-electron chi connectivity index (χ3n) is 4.97. The molecule has 1 N–H and O–H groups in total. The third-order valence-corrected chi connectivity index (χ3v) is 5.20. The van der Waals surface area contributed by atoms with Crippen molar-refractivity contribution in [1.82, 2.24) is 4.90 Å². The molecule has 30 heavy (non-hydrogen) atoms. The van der Waals surface area contributed by atoms with Gasteiger partial charge < -0.3 is 14.7 Å². The summed E-state index contributed by atoms with van der Waals surface area (Å²) in [6.45, 7) is 6.26. The molecule has 0 saturated carbocycles. The van der Waals surface area contributed by atoms with E-state index in [-0.39, 0.29) is 17.4 Å². The lowest BCUT2D eigenvalue weighted by Crippen LogP contribution is -2.31. The number of amides is 1. The van der Waals surface area contributed by atoms with Crippen molar-refractivity contribution in [3.63, 3.8) is 0 Å². The first-order valence-electron chi connectivity index (χ1n) is 10.1. The summed E-state index contributed by atoms with van der Waals surface area (Å²) < 4.78 is 5.96. The number of hydrogen-bond acceptors (Lipinski definition) is 4. The Hall–Kier alpha value is -2.79. The number of halogens is 1. The van der Waals surface area contributed by atoms with Crippen molar-refractivity contribution in [2.45, 2.75) is 45.8 Å². The smallest absolute Gasteiger partial charge is 0.295 e. The van der Waals surface area contributed by atoms with Crippen molar-refractivity contribution in [3.05, 3.63) is 70.3 Å². The summed E-state index contributed by atoms with van der Waals surface area (Å²) in [5.41, 5.74) is 1.12. The number of nitrogens with zero attached hydrogens (tertiary/aromatic N) is 1. The number of rotatable bonds is 7. The quantitative estimate of drug-likeness (QED) is 0.367. The van der Waals surface area contributed by atoms with Gasteiger partial charge >= 0.3 is 0 Å². The molecule has 0 aliphatic carbocycles. The Kier molecular flexibility index (Phi) is 6.83. The minimum atomic E-state index is -0.731. The van der Waals surface area contributed by atoms with Crippen LogP contribution in [0.1, 0.15) is 50.8 Å². The van der Waals surface area contributed by atoms with E-state index in [0.29, 0.717) is 28.4 Å². The minimum Gasteiger partial charge on any atom is -0.507 e. The fraction of sp³-hybridized carbons (Fsp3) is 0.333. The molecule has 0 radical (unpaired) electrons. The maximum atomic E-state index is 13.0. The van der Waals surface area contributed by atoms with E-state index >= 15 is 0 Å². The molecule has 2 aromatic carbocycles. The Morgan fingerprint density at radius 2 is 1.90 bits per heavy atom. The maximum Gasteiger partial charge on any atom is 0.295 e. The van der Waals surface area contributed by atoms with E-state index in [9.17, 15) is 14.7 Å². The number of aliphatic hydroxyl groups excluding tert-OH is 1. The van der Waals surface area contributed by atoms with E-state index < -0.39 is 17.7 Å². The molecule has 3 rings (SSSR count). The number of benzene rings is 2. The third kappa shape index (κ3) is 4.36. The lowest BCUT2D eigenvalue weighted by molar-refractivity contribution is -0.139. The summed E-state index contributed by atoms with van der Waals surface area (Å²) in [6, 6.07) is 13.2. The molecule has 0 spiro atoms. The molecule has 1 aliphatic rings. The van der Waals surface area contributed by atoms with Crippen molar-refractivity contribution in [3.8, 4) is 5.75 Å². The molecule has 6 heteroatoms. The van der Waals surface area contributed by atoms with Gasteiger partial charge in [0.2, 0.25) is 0 Å². The van der Waals surface area contributed by atoms with Crippen LogP contribution in [0, 0.1) is 0 Å². The highest BCUT2D eigenvalue weighted by Crippen LogP contribution is 2.43. The number of Topliss-reactive ketones (excluding diaryl/α,β-unsaturated/α-hetero) is 1. The van der Waals surface area contributed by atoms with Gasteiger partial charge in [-0.2, -0.15) is 0 Å². The van der Waals surface area contributed by atoms with E-state index in [1.807, 2.05) is 45.0 Å². The molecule has 1 fully saturated rings. The van der Waals surface area contributed by atoms with Crippen LogP contribution in [0.5, 0.6) is 5.75 Å². The molecule has 1 aliphatic heterocycles. The number of likely N-dealkylation sites (tertiary alicyclic amines) is 1. The van der Waals surface area contributed by atoms with Crippen molar-refractivity contribution in [2.24, 2.45) is 0 Å². The number of aliphatic hydroxyl groups is 1. The number of unbranched alkanes of at least 4 members (excludes halogenated alkanes) is 1. The SMILES string of the molecule is CCCCN1C(=O)C(=O)/C(=C(\O)c2cccc(Cl)c2)C1c1ccccc1OC(C)C. The average Bonchev–Trinajstić information content (AvgIpc) is 2.96. The van der Waals surface area contributed by atoms with Crippen LogP contribution in [0.3, 0.4) is 0 Å². The summed E-state index contributed by atoms with van der Waals surface area (Å²) >= 11 is 6.08. The Morgan fingerprint density at radius 3 is 2.57 bits per heavy atom. The van der Waals surface area contributed by atoms with E-state index in [1.54, 1.807) is 24.3 Å². The van der Waals surface area contributed by atoms with Gasteiger partial charge in [-0.3, -0.25) is 9.59 Å². The normalized spacial score (nSPS) is 18.3. The monoisotopic (exact) mass is 427 g/mol. The number of carbonyl (C=O) groups is 2. The van der Waals surface area contributed by atoms with Gasteiger partial charge in [-0.25, -0.2) is 0 Å². The summed E-state index contributed by atoms with van der Waals surface area (Å²) in [5, 5.41) is 11.5. The maximum absolute atomic E-state index is 13.0. The summed E-state index contributed by atoms with van der Waals surface area (Å²) in [4.78, 5) is 27.5. The van der Waals surface area contributed by atoms with Gasteiger partial charge in [-0.1, -0.05) is 55.3 Å². The van der Waals surface area contributed by atoms with Crippen molar-refractivity contribution in [1.29, 1.82) is 0 Å². The Balaban J connectivity index is 2.21. The number of carbonyl (C=O) groups excluding carboxylic acids is 2. The van der Waals surface area contributed by atoms with Gasteiger partial charge in [0.25, 0.3) is 11.7 Å². The second kappa shape index (κ2) is 9.35. The summed E-state index contributed by atoms with van der Waals surface area (Å²) in [7, 11) is 0. The van der Waals surface area contributed by atoms with Gasteiger partial charge in [-0.05, 0) is 38.5 Å². The predicted octanol–water partition coefficient (Wildman–Crippen LogP) is 5.35. The Labute approximate surface area is 181 Å². The van der Waals surface area contributed by atoms with Crippen LogP contribution < -0.4 is 4.74 Å². The van der Waals surface area contributed by atoms with E-state index in [2.05, 4.69) is 0 Å². The lowest BCUT2D eigenvalue weighted by atomic mass is 9.94. The zero-order chi connectivity index (χ0) is 21.8. The van der Waals surface area contributed by atoms with Crippen LogP contribution in [0.15, 0.2) is 54.1 Å². The minimum absolute atomic E-state index is 0.0539. The Bertz CT molecular complexity index is 983. The summed E-state index contributed by atoms with van der Waals surface area (Å²) in [5.74, 6) is -0.971. The molecule has 1 amide bonds. The molecular formula is C24H26ClNO4. The second-order valence-electron chi connectivity index (χ2n) is 7.56. The summed E-state index contributed by atoms with van der Waals surface area (Å²) in [6.07, 6.45) is 1.53. The van der Waals surface area contributed by atoms with Crippen molar-refractivity contribution in [2.75, 3.05) is 6.54 Å². The van der Waals surface area contributed by atoms with Gasteiger partial charge in [0, 0.05) is 22.7 Å². The topological polar surface area (TPSA) is 66.8 Å². The van der Waals surface area contributed by atoms with Crippen LogP contribution >= 0.6 is 11.6 Å². The average molecular weight is 428 g/mol. The Morgan fingerprint density at radius 1 is 1.17 bits per heavy atom. The highest BCUT2D eigenvalue weighted by Gasteiger charge is 2.46. The largest absolute Gasteiger partial charge is 0.507 e. The first-order valence-corrected chi connectivity index (χ1v) is 10.5. The standard InChI is InChI=1S/C24H26ClNO4/c1-4-5-13-26-21(18-11-6-7-12-19(18)30-15(2)3)20(23(28)24(26)29)22(27)16-9-8-10-17(25)14-16/h6-12,14-15,21,27H,4-5,13H2,1-3H3/b22-20-. The number of para-hydroxylation sites is 1. The van der Waals surface area contributed by atoms with Crippen LogP contribution in [0.2, 0.25) is 5.02 Å². The first-order chi connectivity index (χ1) is 14.3. The zero-order valence-electron chi connectivity index (χ0n) is 17.4. The molecule has 0 aromatic heterocycles. The van der Waals surface area contributed by atoms with Crippen molar-refractivity contribution >= 4 is 29.1 Å². The number of ether oxygens (including phenoxy) is 1. The van der Waals surface area contributed by atoms with Gasteiger partial charge in [0.15, 0.2) is 0 Å². The van der Waals surface area contributed by atoms with Gasteiger partial charge in [0.05, 0.1) is 17.7 Å². The molecule has 2 aromatic rings. The molecule has 1 unspecified atom stereocenters. The number of hydrogen-bond donors (Lipinski definition) is 1. The van der Waals surface area contributed by atoms with E-state index in [4.69, 9.17) is 16.3 Å². The molecular weight excluding hydrogens is 402 g/mol. The number of ketones is 1. The van der Waals surface area contributed by atoms with Crippen LogP contribution in [-0.4, -0.2) is 34.3 Å². The molecule has 1 saturated heterocycles. The fourth-order valence-corrected chi connectivity index (χ4v) is 3.81. The zero-order valence-corrected chi connectivity index (χ0v) is 18.1. The molecule has 5 nitrogen and oxygen atoms in total.